The zero-order valence-electron chi connectivity index (χ0n) is 19.3. The van der Waals surface area contributed by atoms with Crippen molar-refractivity contribution in [2.75, 3.05) is 50.8 Å². The minimum Gasteiger partial charge on any atom is -0.378 e. The number of likely N-dealkylation sites (tertiary alicyclic amines) is 1. The van der Waals surface area contributed by atoms with Crippen LogP contribution in [0.4, 0.5) is 5.69 Å². The topological polar surface area (TPSA) is 52.1 Å². The van der Waals surface area contributed by atoms with Gasteiger partial charge in [0.15, 0.2) is 5.96 Å². The lowest BCUT2D eigenvalue weighted by atomic mass is 10.0. The first-order valence-electron chi connectivity index (χ1n) is 12.0. The summed E-state index contributed by atoms with van der Waals surface area (Å²) in [5.74, 6) is 0.922. The second-order valence-electron chi connectivity index (χ2n) is 8.60. The number of rotatable bonds is 7. The second-order valence-corrected chi connectivity index (χ2v) is 8.60. The number of aliphatic imine (C=N–C) groups is 1. The van der Waals surface area contributed by atoms with Gasteiger partial charge in [-0.1, -0.05) is 48.5 Å². The van der Waals surface area contributed by atoms with Crippen LogP contribution in [0.2, 0.25) is 0 Å². The van der Waals surface area contributed by atoms with Crippen molar-refractivity contribution in [1.82, 2.24) is 15.5 Å². The predicted molar refractivity (Wildman–Crippen MR) is 132 cm³/mol. The van der Waals surface area contributed by atoms with Gasteiger partial charge in [-0.3, -0.25) is 4.90 Å². The number of benzene rings is 2. The third kappa shape index (κ3) is 6.47. The van der Waals surface area contributed by atoms with E-state index in [0.29, 0.717) is 12.6 Å². The fourth-order valence-corrected chi connectivity index (χ4v) is 4.51. The number of nitrogens with one attached hydrogen (secondary N) is 2. The van der Waals surface area contributed by atoms with Crippen LogP contribution in [-0.2, 0) is 17.8 Å². The molecule has 0 aromatic heterocycles. The quantitative estimate of drug-likeness (QED) is 0.517. The molecule has 4 rings (SSSR count). The van der Waals surface area contributed by atoms with E-state index in [-0.39, 0.29) is 0 Å². The predicted octanol–water partition coefficient (Wildman–Crippen LogP) is 3.24. The average molecular weight is 436 g/mol. The van der Waals surface area contributed by atoms with Crippen LogP contribution in [0.3, 0.4) is 0 Å². The van der Waals surface area contributed by atoms with Gasteiger partial charge in [0.05, 0.1) is 19.8 Å². The minimum absolute atomic E-state index is 0.467. The van der Waals surface area contributed by atoms with E-state index in [1.807, 2.05) is 0 Å². The largest absolute Gasteiger partial charge is 0.378 e. The van der Waals surface area contributed by atoms with Crippen molar-refractivity contribution >= 4 is 11.6 Å². The summed E-state index contributed by atoms with van der Waals surface area (Å²) in [5, 5.41) is 7.13. The summed E-state index contributed by atoms with van der Waals surface area (Å²) in [6.07, 6.45) is 2.28. The van der Waals surface area contributed by atoms with Crippen molar-refractivity contribution < 1.29 is 4.74 Å². The third-order valence-electron chi connectivity index (χ3n) is 6.27. The Morgan fingerprint density at radius 2 is 1.69 bits per heavy atom. The minimum atomic E-state index is 0.467. The molecule has 6 nitrogen and oxygen atoms in total. The highest BCUT2D eigenvalue weighted by molar-refractivity contribution is 5.80. The highest BCUT2D eigenvalue weighted by Crippen LogP contribution is 2.22. The van der Waals surface area contributed by atoms with Gasteiger partial charge in [0.25, 0.3) is 0 Å². The maximum absolute atomic E-state index is 5.52. The van der Waals surface area contributed by atoms with Crippen molar-refractivity contribution in [2.24, 2.45) is 4.99 Å². The van der Waals surface area contributed by atoms with Crippen molar-refractivity contribution in [1.29, 1.82) is 0 Å². The van der Waals surface area contributed by atoms with E-state index in [9.17, 15) is 0 Å². The normalized spacial score (nSPS) is 18.5. The molecule has 2 fully saturated rings. The first-order chi connectivity index (χ1) is 15.8. The molecule has 0 unspecified atom stereocenters. The number of guanidine groups is 1. The van der Waals surface area contributed by atoms with Gasteiger partial charge >= 0.3 is 0 Å². The molecule has 172 valence electrons. The number of anilines is 1. The van der Waals surface area contributed by atoms with Crippen LogP contribution in [0.25, 0.3) is 0 Å². The third-order valence-corrected chi connectivity index (χ3v) is 6.27. The number of hydrogen-bond acceptors (Lipinski definition) is 4. The zero-order chi connectivity index (χ0) is 22.0. The lowest BCUT2D eigenvalue weighted by Crippen LogP contribution is -2.48. The summed E-state index contributed by atoms with van der Waals surface area (Å²) in [6.45, 7) is 10.4. The fraction of sp³-hybridized carbons (Fsp3) is 0.500. The van der Waals surface area contributed by atoms with E-state index >= 15 is 0 Å². The molecule has 2 aliphatic heterocycles. The van der Waals surface area contributed by atoms with Gasteiger partial charge in [-0.15, -0.1) is 0 Å². The number of morpholine rings is 1. The van der Waals surface area contributed by atoms with E-state index in [4.69, 9.17) is 9.73 Å². The van der Waals surface area contributed by atoms with Gasteiger partial charge in [-0.2, -0.15) is 0 Å². The van der Waals surface area contributed by atoms with Crippen LogP contribution < -0.4 is 15.5 Å². The van der Waals surface area contributed by atoms with E-state index in [2.05, 4.69) is 82.0 Å². The molecule has 2 N–H and O–H groups in total. The van der Waals surface area contributed by atoms with Crippen LogP contribution in [0, 0.1) is 0 Å². The average Bonchev–Trinajstić information content (AvgIpc) is 2.85. The summed E-state index contributed by atoms with van der Waals surface area (Å²) in [6, 6.07) is 19.9. The fourth-order valence-electron chi connectivity index (χ4n) is 4.51. The van der Waals surface area contributed by atoms with Crippen LogP contribution in [0.5, 0.6) is 0 Å². The molecule has 0 atom stereocenters. The van der Waals surface area contributed by atoms with Crippen molar-refractivity contribution in [3.63, 3.8) is 0 Å². The highest BCUT2D eigenvalue weighted by Gasteiger charge is 2.20. The van der Waals surface area contributed by atoms with Crippen LogP contribution in [0.15, 0.2) is 59.6 Å². The molecule has 0 aliphatic carbocycles. The first-order valence-corrected chi connectivity index (χ1v) is 12.0. The summed E-state index contributed by atoms with van der Waals surface area (Å²) >= 11 is 0. The molecular weight excluding hydrogens is 398 g/mol. The Morgan fingerprint density at radius 1 is 0.969 bits per heavy atom. The van der Waals surface area contributed by atoms with E-state index in [1.165, 1.54) is 16.8 Å². The van der Waals surface area contributed by atoms with E-state index in [0.717, 1.165) is 71.3 Å². The molecule has 2 aromatic carbocycles. The molecule has 2 heterocycles. The molecule has 0 bridgehead atoms. The highest BCUT2D eigenvalue weighted by atomic mass is 16.5. The molecule has 2 aliphatic rings. The van der Waals surface area contributed by atoms with Crippen LogP contribution in [0.1, 0.15) is 30.9 Å². The zero-order valence-corrected chi connectivity index (χ0v) is 19.3. The van der Waals surface area contributed by atoms with E-state index < -0.39 is 0 Å². The molecule has 2 saturated heterocycles. The molecule has 2 aromatic rings. The van der Waals surface area contributed by atoms with Gasteiger partial charge in [0.2, 0.25) is 0 Å². The standard InChI is InChI=1S/C26H37N5O/c1-2-27-26(28-20-23-10-6-7-11-25(23)31-16-18-32-19-17-31)29-24-12-14-30(15-13-24)21-22-8-4-3-5-9-22/h3-11,24H,2,12-21H2,1H3,(H2,27,28,29). The molecule has 0 amide bonds. The van der Waals surface area contributed by atoms with Gasteiger partial charge in [0.1, 0.15) is 0 Å². The van der Waals surface area contributed by atoms with Gasteiger partial charge in [-0.25, -0.2) is 4.99 Å². The van der Waals surface area contributed by atoms with Gasteiger partial charge < -0.3 is 20.3 Å². The second kappa shape index (κ2) is 11.9. The molecule has 0 spiro atoms. The SMILES string of the molecule is CCNC(=NCc1ccccc1N1CCOCC1)NC1CCN(Cc2ccccc2)CC1. The summed E-state index contributed by atoms with van der Waals surface area (Å²) < 4.78 is 5.52. The van der Waals surface area contributed by atoms with Crippen LogP contribution in [-0.4, -0.2) is 62.8 Å². The Balaban J connectivity index is 1.32. The summed E-state index contributed by atoms with van der Waals surface area (Å²) in [7, 11) is 0. The maximum atomic E-state index is 5.52. The smallest absolute Gasteiger partial charge is 0.191 e. The molecule has 32 heavy (non-hydrogen) atoms. The van der Waals surface area contributed by atoms with E-state index in [1.54, 1.807) is 0 Å². The van der Waals surface area contributed by atoms with Crippen molar-refractivity contribution in [3.05, 3.63) is 65.7 Å². The Labute approximate surface area is 192 Å². The monoisotopic (exact) mass is 435 g/mol. The number of hydrogen-bond donors (Lipinski definition) is 2. The van der Waals surface area contributed by atoms with Gasteiger partial charge in [-0.05, 0) is 37.0 Å². The maximum Gasteiger partial charge on any atom is 0.191 e. The Kier molecular flexibility index (Phi) is 8.40. The Morgan fingerprint density at radius 3 is 2.44 bits per heavy atom. The van der Waals surface area contributed by atoms with Gasteiger partial charge in [0, 0.05) is 51.0 Å². The van der Waals surface area contributed by atoms with Crippen molar-refractivity contribution in [2.45, 2.75) is 38.9 Å². The number of nitrogens with zero attached hydrogens (tertiary/aromatic N) is 3. The number of para-hydroxylation sites is 1. The lowest BCUT2D eigenvalue weighted by molar-refractivity contribution is 0.122. The Bertz CT molecular complexity index is 842. The summed E-state index contributed by atoms with van der Waals surface area (Å²) in [4.78, 5) is 9.91. The molecule has 0 radical (unpaired) electrons. The molecule has 6 heteroatoms. The lowest BCUT2D eigenvalue weighted by Gasteiger charge is -2.33. The number of ether oxygens (including phenoxy) is 1. The number of piperidine rings is 1. The molecular formula is C26H37N5O. The Hall–Kier alpha value is -2.57. The summed E-state index contributed by atoms with van der Waals surface area (Å²) in [5.41, 5.74) is 3.95. The van der Waals surface area contributed by atoms with Crippen LogP contribution >= 0.6 is 0 Å². The van der Waals surface area contributed by atoms with Crippen molar-refractivity contribution in [3.8, 4) is 0 Å². The molecule has 0 saturated carbocycles. The first kappa shape index (κ1) is 22.6.